The Morgan fingerprint density at radius 3 is 2.73 bits per heavy atom. The van der Waals surface area contributed by atoms with Gasteiger partial charge in [-0.1, -0.05) is 12.1 Å². The van der Waals surface area contributed by atoms with Gasteiger partial charge in [-0.15, -0.1) is 13.2 Å². The van der Waals surface area contributed by atoms with E-state index in [1.54, 1.807) is 6.07 Å². The van der Waals surface area contributed by atoms with Crippen LogP contribution in [0.3, 0.4) is 0 Å². The molecule has 4 rings (SSSR count). The molecule has 0 amide bonds. The molecule has 1 atom stereocenters. The molecule has 2 aromatic heterocycles. The Kier molecular flexibility index (Phi) is 6.00. The topological polar surface area (TPSA) is 118 Å². The van der Waals surface area contributed by atoms with Crippen molar-refractivity contribution in [2.45, 2.75) is 25.6 Å². The van der Waals surface area contributed by atoms with Crippen molar-refractivity contribution >= 4 is 17.5 Å². The van der Waals surface area contributed by atoms with Crippen molar-refractivity contribution in [1.29, 1.82) is 0 Å². The fourth-order valence-corrected chi connectivity index (χ4v) is 3.12. The Morgan fingerprint density at radius 1 is 1.30 bits per heavy atom. The number of nitro groups is 1. The number of anilines is 2. The lowest BCUT2D eigenvalue weighted by Crippen LogP contribution is -2.32. The summed E-state index contributed by atoms with van der Waals surface area (Å²) in [6.07, 6.45) is -0.949. The van der Waals surface area contributed by atoms with Gasteiger partial charge in [-0.2, -0.15) is 0 Å². The minimum Gasteiger partial charge on any atom is -0.443 e. The third-order valence-electron chi connectivity index (χ3n) is 4.64. The van der Waals surface area contributed by atoms with Gasteiger partial charge in [0.1, 0.15) is 18.9 Å². The molecule has 1 aromatic carbocycles. The average Bonchev–Trinajstić information content (AvgIpc) is 3.21. The SMILES string of the molecule is CN(c1ncc(CO[C@@H]2COc3nc([N+](=O)[O-])cn3C2)cn1)c1ccccc1OC(F)(F)F. The molecule has 0 N–H and O–H groups in total. The van der Waals surface area contributed by atoms with Crippen molar-refractivity contribution < 1.29 is 32.3 Å². The van der Waals surface area contributed by atoms with Gasteiger partial charge >= 0.3 is 18.2 Å². The molecule has 0 unspecified atom stereocenters. The second-order valence-electron chi connectivity index (χ2n) is 7.00. The average molecular weight is 466 g/mol. The summed E-state index contributed by atoms with van der Waals surface area (Å²) >= 11 is 0. The smallest absolute Gasteiger partial charge is 0.443 e. The van der Waals surface area contributed by atoms with Gasteiger partial charge in [-0.3, -0.25) is 4.57 Å². The van der Waals surface area contributed by atoms with E-state index in [9.17, 15) is 23.3 Å². The largest absolute Gasteiger partial charge is 0.573 e. The number of ether oxygens (including phenoxy) is 3. The van der Waals surface area contributed by atoms with Crippen molar-refractivity contribution in [2.75, 3.05) is 18.6 Å². The molecule has 0 radical (unpaired) electrons. The zero-order valence-corrected chi connectivity index (χ0v) is 17.1. The number of para-hydroxylation sites is 2. The van der Waals surface area contributed by atoms with Gasteiger partial charge in [0.15, 0.2) is 5.75 Å². The third kappa shape index (κ3) is 5.28. The van der Waals surface area contributed by atoms with Crippen LogP contribution in [0, 0.1) is 10.1 Å². The first-order valence-electron chi connectivity index (χ1n) is 9.55. The number of fused-ring (bicyclic) bond motifs is 1. The van der Waals surface area contributed by atoms with Crippen molar-refractivity contribution in [1.82, 2.24) is 19.5 Å². The fourth-order valence-electron chi connectivity index (χ4n) is 3.12. The van der Waals surface area contributed by atoms with E-state index < -0.39 is 11.3 Å². The zero-order chi connectivity index (χ0) is 23.6. The highest BCUT2D eigenvalue weighted by atomic mass is 19.4. The number of benzene rings is 1. The molecule has 11 nitrogen and oxygen atoms in total. The van der Waals surface area contributed by atoms with E-state index in [-0.39, 0.29) is 48.5 Å². The summed E-state index contributed by atoms with van der Waals surface area (Å²) in [5.41, 5.74) is 0.762. The fraction of sp³-hybridized carbons (Fsp3) is 0.316. The summed E-state index contributed by atoms with van der Waals surface area (Å²) in [4.78, 5) is 23.7. The van der Waals surface area contributed by atoms with Crippen LogP contribution in [0.25, 0.3) is 0 Å². The molecule has 0 fully saturated rings. The lowest BCUT2D eigenvalue weighted by Gasteiger charge is -2.23. The van der Waals surface area contributed by atoms with E-state index in [0.717, 1.165) is 0 Å². The Morgan fingerprint density at radius 2 is 2.03 bits per heavy atom. The lowest BCUT2D eigenvalue weighted by molar-refractivity contribution is -0.389. The van der Waals surface area contributed by atoms with Gasteiger partial charge in [0.2, 0.25) is 5.95 Å². The Labute approximate surface area is 184 Å². The molecule has 0 spiro atoms. The molecule has 0 bridgehead atoms. The number of aromatic nitrogens is 4. The summed E-state index contributed by atoms with van der Waals surface area (Å²) in [5.74, 6) is -0.519. The summed E-state index contributed by atoms with van der Waals surface area (Å²) in [5, 5.41) is 10.8. The number of hydrogen-bond donors (Lipinski definition) is 0. The van der Waals surface area contributed by atoms with Crippen LogP contribution in [0.4, 0.5) is 30.6 Å². The first kappa shape index (κ1) is 22.3. The second kappa shape index (κ2) is 8.90. The Hall–Kier alpha value is -3.94. The van der Waals surface area contributed by atoms with Gasteiger partial charge in [-0.05, 0) is 17.1 Å². The molecule has 33 heavy (non-hydrogen) atoms. The summed E-state index contributed by atoms with van der Waals surface area (Å²) in [6, 6.07) is 5.82. The second-order valence-corrected chi connectivity index (χ2v) is 7.00. The van der Waals surface area contributed by atoms with E-state index >= 15 is 0 Å². The van der Waals surface area contributed by atoms with Crippen molar-refractivity contribution in [3.05, 3.63) is 58.5 Å². The van der Waals surface area contributed by atoms with E-state index in [4.69, 9.17) is 9.47 Å². The van der Waals surface area contributed by atoms with Gasteiger partial charge in [0.25, 0.3) is 0 Å². The van der Waals surface area contributed by atoms with Gasteiger partial charge in [0, 0.05) is 30.0 Å². The Balaban J connectivity index is 1.38. The highest BCUT2D eigenvalue weighted by Crippen LogP contribution is 2.34. The predicted octanol–water partition coefficient (Wildman–Crippen LogP) is 3.23. The number of alkyl halides is 3. The number of rotatable bonds is 7. The van der Waals surface area contributed by atoms with Crippen LogP contribution in [0.5, 0.6) is 11.8 Å². The van der Waals surface area contributed by atoms with Crippen LogP contribution in [-0.2, 0) is 17.9 Å². The maximum Gasteiger partial charge on any atom is 0.573 e. The highest BCUT2D eigenvalue weighted by Gasteiger charge is 2.33. The van der Waals surface area contributed by atoms with Gasteiger partial charge < -0.3 is 29.2 Å². The molecular formula is C19H17F3N6O5. The first-order valence-corrected chi connectivity index (χ1v) is 9.55. The molecular weight excluding hydrogens is 449 g/mol. The van der Waals surface area contributed by atoms with E-state index in [0.29, 0.717) is 12.1 Å². The summed E-state index contributed by atoms with van der Waals surface area (Å²) in [7, 11) is 1.52. The van der Waals surface area contributed by atoms with Crippen molar-refractivity contribution in [3.8, 4) is 11.8 Å². The number of imidazole rings is 1. The minimum absolute atomic E-state index is 0.137. The summed E-state index contributed by atoms with van der Waals surface area (Å²) < 4.78 is 54.7. The van der Waals surface area contributed by atoms with Crippen LogP contribution in [0.2, 0.25) is 0 Å². The normalized spacial score (nSPS) is 15.5. The standard InChI is InChI=1S/C19H17F3N6O5/c1-26(14-4-2-3-5-15(14)33-19(20,21)22)17-23-6-12(7-24-17)10-31-13-8-27-9-16(28(29)30)25-18(27)32-11-13/h2-7,9,13H,8,10-11H2,1H3/t13-/m0/s1. The molecule has 3 aromatic rings. The van der Waals surface area contributed by atoms with Crippen LogP contribution in [0.1, 0.15) is 5.56 Å². The van der Waals surface area contributed by atoms with Gasteiger partial charge in [0.05, 0.1) is 18.8 Å². The zero-order valence-electron chi connectivity index (χ0n) is 17.1. The highest BCUT2D eigenvalue weighted by molar-refractivity contribution is 5.64. The predicted molar refractivity (Wildman–Crippen MR) is 106 cm³/mol. The Bertz CT molecular complexity index is 1140. The molecule has 1 aliphatic heterocycles. The number of halogens is 3. The molecule has 0 saturated carbocycles. The minimum atomic E-state index is -4.83. The van der Waals surface area contributed by atoms with Crippen molar-refractivity contribution in [3.63, 3.8) is 0 Å². The first-order chi connectivity index (χ1) is 15.7. The molecule has 0 aliphatic carbocycles. The van der Waals surface area contributed by atoms with Crippen molar-refractivity contribution in [2.24, 2.45) is 0 Å². The quantitative estimate of drug-likeness (QED) is 0.382. The van der Waals surface area contributed by atoms with Crippen LogP contribution in [-0.4, -0.2) is 50.6 Å². The number of nitrogens with zero attached hydrogens (tertiary/aromatic N) is 6. The molecule has 0 saturated heterocycles. The van der Waals surface area contributed by atoms with Crippen LogP contribution < -0.4 is 14.4 Å². The van der Waals surface area contributed by atoms with E-state index in [2.05, 4.69) is 19.7 Å². The molecule has 14 heteroatoms. The van der Waals surface area contributed by atoms with Crippen LogP contribution >= 0.6 is 0 Å². The molecule has 174 valence electrons. The number of hydrogen-bond acceptors (Lipinski definition) is 9. The van der Waals surface area contributed by atoms with E-state index in [1.165, 1.54) is 53.3 Å². The maximum atomic E-state index is 12.7. The molecule has 1 aliphatic rings. The van der Waals surface area contributed by atoms with Gasteiger partial charge in [-0.25, -0.2) is 9.97 Å². The maximum absolute atomic E-state index is 12.7. The summed E-state index contributed by atoms with van der Waals surface area (Å²) in [6.45, 7) is 0.637. The lowest BCUT2D eigenvalue weighted by atomic mass is 10.2. The monoisotopic (exact) mass is 466 g/mol. The third-order valence-corrected chi connectivity index (χ3v) is 4.64. The van der Waals surface area contributed by atoms with E-state index in [1.807, 2.05) is 0 Å². The molecule has 3 heterocycles. The van der Waals surface area contributed by atoms with Crippen LogP contribution in [0.15, 0.2) is 42.9 Å².